The van der Waals surface area contributed by atoms with Crippen molar-refractivity contribution in [3.8, 4) is 0 Å². The van der Waals surface area contributed by atoms with Crippen LogP contribution in [0.1, 0.15) is 0 Å². The number of alkyl halides is 2. The molecule has 0 aromatic heterocycles. The van der Waals surface area contributed by atoms with Crippen LogP contribution in [0.5, 0.6) is 0 Å². The normalized spacial score (nSPS) is 22.7. The Morgan fingerprint density at radius 1 is 1.56 bits per heavy atom. The number of nitrogens with zero attached hydrogens (tertiary/aromatic N) is 2. The number of hydrogen-bond donors (Lipinski definition) is 0. The molecule has 3 nitrogen and oxygen atoms in total. The molecule has 0 saturated heterocycles. The molecule has 0 aromatic carbocycles. The molecule has 0 fully saturated rings. The van der Waals surface area contributed by atoms with Gasteiger partial charge in [0.15, 0.2) is 0 Å². The van der Waals surface area contributed by atoms with Gasteiger partial charge >= 0.3 is 5.91 Å². The van der Waals surface area contributed by atoms with Crippen molar-refractivity contribution in [3.63, 3.8) is 0 Å². The lowest BCUT2D eigenvalue weighted by Gasteiger charge is -2.09. The molecular formula is C4H2Cl2N2O. The third-order valence-electron chi connectivity index (χ3n) is 0.784. The van der Waals surface area contributed by atoms with Gasteiger partial charge < -0.3 is 0 Å². The molecule has 9 heavy (non-hydrogen) atoms. The number of amides is 1. The van der Waals surface area contributed by atoms with Crippen molar-refractivity contribution in [3.05, 3.63) is 12.3 Å². The second-order valence-corrected chi connectivity index (χ2v) is 2.85. The Hall–Kier alpha value is -0.410. The Morgan fingerprint density at radius 3 is 2.56 bits per heavy atom. The maximum atomic E-state index is 10.5. The molecule has 0 spiro atoms. The molecule has 0 N–H and O–H groups in total. The summed E-state index contributed by atoms with van der Waals surface area (Å²) in [5.41, 5.74) is 0. The van der Waals surface area contributed by atoms with E-state index in [1.807, 2.05) is 0 Å². The van der Waals surface area contributed by atoms with E-state index in [0.29, 0.717) is 0 Å². The third-order valence-corrected chi connectivity index (χ3v) is 1.36. The minimum absolute atomic E-state index is 0.645. The predicted molar refractivity (Wildman–Crippen MR) is 33.4 cm³/mol. The van der Waals surface area contributed by atoms with Crippen LogP contribution < -0.4 is 0 Å². The zero-order valence-corrected chi connectivity index (χ0v) is 5.73. The zero-order chi connectivity index (χ0) is 6.91. The highest BCUT2D eigenvalue weighted by Crippen LogP contribution is 2.26. The summed E-state index contributed by atoms with van der Waals surface area (Å²) in [7, 11) is 0. The lowest BCUT2D eigenvalue weighted by molar-refractivity contribution is -0.118. The van der Waals surface area contributed by atoms with E-state index in [4.69, 9.17) is 23.2 Å². The minimum atomic E-state index is -1.50. The average molecular weight is 165 g/mol. The highest BCUT2D eigenvalue weighted by atomic mass is 35.5. The molecular weight excluding hydrogens is 163 g/mol. The molecule has 0 aromatic rings. The van der Waals surface area contributed by atoms with Gasteiger partial charge in [-0.2, -0.15) is 5.11 Å². The number of azo groups is 1. The van der Waals surface area contributed by atoms with Crippen LogP contribution in [0.15, 0.2) is 22.5 Å². The van der Waals surface area contributed by atoms with Crippen molar-refractivity contribution in [2.45, 2.75) is 4.33 Å². The first-order chi connectivity index (χ1) is 4.13. The molecule has 1 amide bonds. The van der Waals surface area contributed by atoms with Crippen LogP contribution in [0.2, 0.25) is 0 Å². The summed E-state index contributed by atoms with van der Waals surface area (Å²) in [6, 6.07) is 0. The molecule has 0 radical (unpaired) electrons. The molecule has 48 valence electrons. The highest BCUT2D eigenvalue weighted by molar-refractivity contribution is 6.59. The zero-order valence-electron chi connectivity index (χ0n) is 4.21. The molecule has 1 aliphatic heterocycles. The average Bonchev–Trinajstić information content (AvgIpc) is 1.77. The first kappa shape index (κ1) is 6.71. The molecule has 0 aliphatic carbocycles. The van der Waals surface area contributed by atoms with Crippen LogP contribution in [0, 0.1) is 0 Å². The van der Waals surface area contributed by atoms with E-state index >= 15 is 0 Å². The summed E-state index contributed by atoms with van der Waals surface area (Å²) in [5.74, 6) is -0.645. The second kappa shape index (κ2) is 2.08. The molecule has 0 atom stereocenters. The van der Waals surface area contributed by atoms with Gasteiger partial charge in [0.2, 0.25) is 4.33 Å². The lowest BCUT2D eigenvalue weighted by Crippen LogP contribution is -2.22. The van der Waals surface area contributed by atoms with Gasteiger partial charge in [-0.3, -0.25) is 4.79 Å². The van der Waals surface area contributed by atoms with Crippen molar-refractivity contribution in [2.75, 3.05) is 0 Å². The molecule has 5 heteroatoms. The van der Waals surface area contributed by atoms with Crippen molar-refractivity contribution in [2.24, 2.45) is 10.2 Å². The van der Waals surface area contributed by atoms with Crippen molar-refractivity contribution in [1.82, 2.24) is 0 Å². The number of hydrogen-bond acceptors (Lipinski definition) is 2. The van der Waals surface area contributed by atoms with E-state index in [1.54, 1.807) is 0 Å². The van der Waals surface area contributed by atoms with E-state index in [0.717, 1.165) is 0 Å². The van der Waals surface area contributed by atoms with Gasteiger partial charge in [0.1, 0.15) is 0 Å². The smallest absolute Gasteiger partial charge is 0.267 e. The summed E-state index contributed by atoms with van der Waals surface area (Å²) in [6.07, 6.45) is 2.55. The SMILES string of the molecule is O=C1N=NC=CC1(Cl)Cl. The van der Waals surface area contributed by atoms with Crippen LogP contribution in [0.4, 0.5) is 0 Å². The highest BCUT2D eigenvalue weighted by Gasteiger charge is 2.32. The van der Waals surface area contributed by atoms with Gasteiger partial charge in [-0.15, -0.1) is 5.11 Å². The first-order valence-electron chi connectivity index (χ1n) is 2.14. The molecule has 0 unspecified atom stereocenters. The number of rotatable bonds is 0. The Bertz CT molecular complexity index is 197. The van der Waals surface area contributed by atoms with Crippen LogP contribution in [0.25, 0.3) is 0 Å². The van der Waals surface area contributed by atoms with Crippen LogP contribution in [-0.2, 0) is 4.79 Å². The van der Waals surface area contributed by atoms with Gasteiger partial charge in [0, 0.05) is 6.20 Å². The Kier molecular flexibility index (Phi) is 1.55. The standard InChI is InChI=1S/C4H2Cl2N2O/c5-4(6)1-2-7-8-3(4)9/h1-2H. The first-order valence-corrected chi connectivity index (χ1v) is 2.89. The maximum Gasteiger partial charge on any atom is 0.304 e. The summed E-state index contributed by atoms with van der Waals surface area (Å²) in [5, 5.41) is 6.40. The van der Waals surface area contributed by atoms with Gasteiger partial charge in [-0.25, -0.2) is 0 Å². The molecule has 1 rings (SSSR count). The van der Waals surface area contributed by atoms with Crippen molar-refractivity contribution >= 4 is 29.1 Å². The van der Waals surface area contributed by atoms with E-state index in [-0.39, 0.29) is 0 Å². The summed E-state index contributed by atoms with van der Waals surface area (Å²) in [4.78, 5) is 10.5. The predicted octanol–water partition coefficient (Wildman–Crippen LogP) is 1.67. The number of halogens is 2. The van der Waals surface area contributed by atoms with Crippen molar-refractivity contribution < 1.29 is 4.79 Å². The van der Waals surface area contributed by atoms with Gasteiger partial charge in [-0.1, -0.05) is 23.2 Å². The van der Waals surface area contributed by atoms with Crippen LogP contribution >= 0.6 is 23.2 Å². The van der Waals surface area contributed by atoms with E-state index < -0.39 is 10.2 Å². The van der Waals surface area contributed by atoms with Gasteiger partial charge in [0.25, 0.3) is 0 Å². The Balaban J connectivity index is 2.91. The number of carbonyl (C=O) groups is 1. The minimum Gasteiger partial charge on any atom is -0.267 e. The largest absolute Gasteiger partial charge is 0.304 e. The lowest BCUT2D eigenvalue weighted by atomic mass is 10.4. The topological polar surface area (TPSA) is 41.8 Å². The fourth-order valence-electron chi connectivity index (χ4n) is 0.351. The van der Waals surface area contributed by atoms with Crippen LogP contribution in [0.3, 0.4) is 0 Å². The van der Waals surface area contributed by atoms with E-state index in [2.05, 4.69) is 10.2 Å². The molecule has 1 heterocycles. The number of carbonyl (C=O) groups excluding carboxylic acids is 1. The maximum absolute atomic E-state index is 10.5. The van der Waals surface area contributed by atoms with Crippen LogP contribution in [-0.4, -0.2) is 10.2 Å². The molecule has 0 saturated carbocycles. The second-order valence-electron chi connectivity index (χ2n) is 1.46. The fraction of sp³-hybridized carbons (Fsp3) is 0.250. The summed E-state index contributed by atoms with van der Waals surface area (Å²) >= 11 is 10.8. The summed E-state index contributed by atoms with van der Waals surface area (Å²) < 4.78 is -1.50. The Labute approximate surface area is 61.4 Å². The Morgan fingerprint density at radius 2 is 2.22 bits per heavy atom. The summed E-state index contributed by atoms with van der Waals surface area (Å²) in [6.45, 7) is 0. The van der Waals surface area contributed by atoms with E-state index in [1.165, 1.54) is 12.3 Å². The third kappa shape index (κ3) is 1.28. The molecule has 1 aliphatic rings. The van der Waals surface area contributed by atoms with Gasteiger partial charge in [-0.05, 0) is 6.08 Å². The quantitative estimate of drug-likeness (QED) is 0.503. The van der Waals surface area contributed by atoms with Gasteiger partial charge in [0.05, 0.1) is 0 Å². The molecule has 0 bridgehead atoms. The van der Waals surface area contributed by atoms with Crippen molar-refractivity contribution in [1.29, 1.82) is 0 Å². The fourth-order valence-corrected chi connectivity index (χ4v) is 0.539. The monoisotopic (exact) mass is 164 g/mol. The van der Waals surface area contributed by atoms with E-state index in [9.17, 15) is 4.79 Å².